The molecule has 3 heteroatoms. The van der Waals surface area contributed by atoms with E-state index in [1.807, 2.05) is 6.08 Å². The monoisotopic (exact) mass is 466 g/mol. The topological polar surface area (TPSA) is 54.4 Å². The predicted octanol–water partition coefficient (Wildman–Crippen LogP) is 7.46. The van der Waals surface area contributed by atoms with Crippen LogP contribution in [0, 0.1) is 56.7 Å². The van der Waals surface area contributed by atoms with Crippen LogP contribution in [0.15, 0.2) is 23.3 Å². The summed E-state index contributed by atoms with van der Waals surface area (Å²) in [4.78, 5) is 25.9. The predicted molar refractivity (Wildman–Crippen MR) is 136 cm³/mol. The average molecular weight is 467 g/mol. The minimum absolute atomic E-state index is 0.00224. The highest BCUT2D eigenvalue weighted by Gasteiger charge is 2.69. The summed E-state index contributed by atoms with van der Waals surface area (Å²) in [6.45, 7) is 18.7. The van der Waals surface area contributed by atoms with E-state index in [4.69, 9.17) is 0 Å². The zero-order valence-corrected chi connectivity index (χ0v) is 22.8. The highest BCUT2D eigenvalue weighted by molar-refractivity contribution is 5.96. The van der Waals surface area contributed by atoms with Gasteiger partial charge in [0.15, 0.2) is 5.78 Å². The number of carbonyl (C=O) groups excluding carboxylic acids is 1. The van der Waals surface area contributed by atoms with Crippen molar-refractivity contribution in [3.63, 3.8) is 0 Å². The number of allylic oxidation sites excluding steroid dienone is 4. The van der Waals surface area contributed by atoms with E-state index < -0.39 is 11.4 Å². The van der Waals surface area contributed by atoms with E-state index in [-0.39, 0.29) is 27.6 Å². The molecule has 34 heavy (non-hydrogen) atoms. The molecule has 3 nitrogen and oxygen atoms in total. The average Bonchev–Trinajstić information content (AvgIpc) is 2.75. The molecule has 0 aromatic heterocycles. The standard InChI is InChI=1S/C31H46O3/c1-18-11-14-31(26(33)34)16-15-28(6)21(25(31)20(18)3)9-10-23-29(28,7)13-12-22-27(4,5)24(32)17-19(2)30(22,23)8/h9,17-18,20,22-23,25H,10-16H2,1-8H3,(H,33,34)/t18-,20+,22+,23+,25+,28-,29-,30+,31+/m1/s1. The quantitative estimate of drug-likeness (QED) is 0.408. The Morgan fingerprint density at radius 3 is 2.29 bits per heavy atom. The summed E-state index contributed by atoms with van der Waals surface area (Å²) in [5, 5.41) is 10.5. The molecule has 0 aromatic carbocycles. The SMILES string of the molecule is CC1=CC(=O)C(C)(C)[C@@H]2CC[C@]3(C)[C@H](CC=C4[C@@H]5[C@@H](C)[C@H](C)CC[C@]5(C(=O)O)CC[C@]43C)[C@@]12C. The Hall–Kier alpha value is -1.38. The number of ketones is 1. The van der Waals surface area contributed by atoms with E-state index in [9.17, 15) is 14.7 Å². The lowest BCUT2D eigenvalue weighted by Crippen LogP contribution is -2.65. The molecular weight excluding hydrogens is 420 g/mol. The van der Waals surface area contributed by atoms with Gasteiger partial charge in [0.25, 0.3) is 0 Å². The van der Waals surface area contributed by atoms with Crippen LogP contribution in [0.2, 0.25) is 0 Å². The minimum atomic E-state index is -0.587. The molecule has 188 valence electrons. The van der Waals surface area contributed by atoms with Crippen LogP contribution in [0.5, 0.6) is 0 Å². The van der Waals surface area contributed by atoms with Crippen molar-refractivity contribution in [3.8, 4) is 0 Å². The fourth-order valence-corrected chi connectivity index (χ4v) is 10.5. The molecule has 0 bridgehead atoms. The Balaban J connectivity index is 1.67. The molecule has 5 aliphatic carbocycles. The molecule has 1 N–H and O–H groups in total. The third kappa shape index (κ3) is 2.60. The number of carbonyl (C=O) groups is 2. The number of carboxylic acid groups (broad SMARTS) is 1. The second-order valence-corrected chi connectivity index (χ2v) is 14.3. The lowest BCUT2D eigenvalue weighted by atomic mass is 9.33. The van der Waals surface area contributed by atoms with Crippen molar-refractivity contribution >= 4 is 11.8 Å². The first-order valence-corrected chi connectivity index (χ1v) is 13.8. The fraction of sp³-hybridized carbons (Fsp3) is 0.806. The van der Waals surface area contributed by atoms with E-state index in [0.717, 1.165) is 44.9 Å². The fourth-order valence-electron chi connectivity index (χ4n) is 10.5. The van der Waals surface area contributed by atoms with E-state index in [0.29, 0.717) is 29.5 Å². The zero-order chi connectivity index (χ0) is 25.1. The number of aliphatic carboxylic acids is 1. The van der Waals surface area contributed by atoms with Gasteiger partial charge in [0.2, 0.25) is 0 Å². The largest absolute Gasteiger partial charge is 0.481 e. The molecule has 0 aliphatic heterocycles. The first-order valence-electron chi connectivity index (χ1n) is 13.8. The summed E-state index contributed by atoms with van der Waals surface area (Å²) >= 11 is 0. The molecule has 0 radical (unpaired) electrons. The van der Waals surface area contributed by atoms with Crippen molar-refractivity contribution in [2.45, 2.75) is 100 Å². The van der Waals surface area contributed by atoms with Crippen LogP contribution in [0.25, 0.3) is 0 Å². The molecule has 0 amide bonds. The number of fused-ring (bicyclic) bond motifs is 7. The van der Waals surface area contributed by atoms with Gasteiger partial charge in [-0.15, -0.1) is 0 Å². The molecule has 0 unspecified atom stereocenters. The Kier molecular flexibility index (Phi) is 5.08. The van der Waals surface area contributed by atoms with Crippen LogP contribution in [0.1, 0.15) is 100 Å². The smallest absolute Gasteiger partial charge is 0.310 e. The molecular formula is C31H46O3. The van der Waals surface area contributed by atoms with Crippen molar-refractivity contribution in [2.24, 2.45) is 56.7 Å². The molecule has 3 fully saturated rings. The van der Waals surface area contributed by atoms with Crippen molar-refractivity contribution in [1.29, 1.82) is 0 Å². The molecule has 3 saturated carbocycles. The van der Waals surface area contributed by atoms with Crippen LogP contribution < -0.4 is 0 Å². The Morgan fingerprint density at radius 2 is 1.65 bits per heavy atom. The lowest BCUT2D eigenvalue weighted by molar-refractivity contribution is -0.178. The highest BCUT2D eigenvalue weighted by atomic mass is 16.4. The van der Waals surface area contributed by atoms with Gasteiger partial charge in [-0.25, -0.2) is 0 Å². The van der Waals surface area contributed by atoms with Gasteiger partial charge in [-0.2, -0.15) is 0 Å². The van der Waals surface area contributed by atoms with Gasteiger partial charge < -0.3 is 5.11 Å². The molecule has 0 aromatic rings. The summed E-state index contributed by atoms with van der Waals surface area (Å²) < 4.78 is 0. The molecule has 0 saturated heterocycles. The van der Waals surface area contributed by atoms with Crippen LogP contribution >= 0.6 is 0 Å². The van der Waals surface area contributed by atoms with Gasteiger partial charge in [-0.1, -0.05) is 65.7 Å². The van der Waals surface area contributed by atoms with Crippen LogP contribution in [0.4, 0.5) is 0 Å². The Morgan fingerprint density at radius 1 is 0.971 bits per heavy atom. The van der Waals surface area contributed by atoms with Crippen molar-refractivity contribution in [3.05, 3.63) is 23.3 Å². The molecule has 5 rings (SSSR count). The summed E-state index contributed by atoms with van der Waals surface area (Å²) in [7, 11) is 0. The maximum Gasteiger partial charge on any atom is 0.310 e. The molecule has 0 heterocycles. The molecule has 9 atom stereocenters. The summed E-state index contributed by atoms with van der Waals surface area (Å²) in [6, 6.07) is 0. The number of hydrogen-bond donors (Lipinski definition) is 1. The normalized spacial score (nSPS) is 51.8. The maximum absolute atomic E-state index is 13.0. The van der Waals surface area contributed by atoms with E-state index in [1.165, 1.54) is 11.1 Å². The summed E-state index contributed by atoms with van der Waals surface area (Å²) in [5.41, 5.74) is 1.98. The van der Waals surface area contributed by atoms with Gasteiger partial charge >= 0.3 is 5.97 Å². The summed E-state index contributed by atoms with van der Waals surface area (Å²) in [5.74, 6) is 1.69. The number of rotatable bonds is 1. The van der Waals surface area contributed by atoms with Crippen molar-refractivity contribution in [1.82, 2.24) is 0 Å². The number of hydrogen-bond acceptors (Lipinski definition) is 2. The highest BCUT2D eigenvalue weighted by Crippen LogP contribution is 2.75. The summed E-state index contributed by atoms with van der Waals surface area (Å²) in [6.07, 6.45) is 11.3. The van der Waals surface area contributed by atoms with Gasteiger partial charge in [-0.05, 0) is 104 Å². The van der Waals surface area contributed by atoms with Crippen molar-refractivity contribution < 1.29 is 14.7 Å². The minimum Gasteiger partial charge on any atom is -0.481 e. The van der Waals surface area contributed by atoms with Crippen LogP contribution in [-0.2, 0) is 9.59 Å². The van der Waals surface area contributed by atoms with Crippen molar-refractivity contribution in [2.75, 3.05) is 0 Å². The first-order chi connectivity index (χ1) is 15.7. The van der Waals surface area contributed by atoms with Gasteiger partial charge in [-0.3, -0.25) is 9.59 Å². The third-order valence-electron chi connectivity index (χ3n) is 13.2. The van der Waals surface area contributed by atoms with E-state index >= 15 is 0 Å². The molecule has 0 spiro atoms. The first kappa shape index (κ1) is 24.3. The second-order valence-electron chi connectivity index (χ2n) is 14.3. The lowest BCUT2D eigenvalue weighted by Gasteiger charge is -2.70. The zero-order valence-electron chi connectivity index (χ0n) is 22.8. The van der Waals surface area contributed by atoms with Gasteiger partial charge in [0, 0.05) is 5.41 Å². The molecule has 5 aliphatic rings. The number of carboxylic acids is 1. The van der Waals surface area contributed by atoms with E-state index in [1.54, 1.807) is 0 Å². The van der Waals surface area contributed by atoms with Crippen LogP contribution in [0.3, 0.4) is 0 Å². The van der Waals surface area contributed by atoms with Gasteiger partial charge in [0.1, 0.15) is 0 Å². The van der Waals surface area contributed by atoms with Crippen LogP contribution in [-0.4, -0.2) is 16.9 Å². The Labute approximate surface area is 206 Å². The third-order valence-corrected chi connectivity index (χ3v) is 13.2. The van der Waals surface area contributed by atoms with E-state index in [2.05, 4.69) is 61.5 Å². The maximum atomic E-state index is 13.0. The van der Waals surface area contributed by atoms with Gasteiger partial charge in [0.05, 0.1) is 5.41 Å². The Bertz CT molecular complexity index is 1000. The second kappa shape index (κ2) is 7.10.